The van der Waals surface area contributed by atoms with Crippen molar-refractivity contribution in [1.82, 2.24) is 14.9 Å². The zero-order valence-corrected chi connectivity index (χ0v) is 17.0. The van der Waals surface area contributed by atoms with E-state index in [0.29, 0.717) is 29.6 Å². The lowest BCUT2D eigenvalue weighted by Crippen LogP contribution is -2.48. The van der Waals surface area contributed by atoms with Gasteiger partial charge in [-0.1, -0.05) is 42.3 Å². The van der Waals surface area contributed by atoms with Crippen molar-refractivity contribution in [2.45, 2.75) is 13.3 Å². The Hall–Kier alpha value is -2.37. The number of halogens is 2. The average Bonchev–Trinajstić information content (AvgIpc) is 2.73. The second-order valence-electron chi connectivity index (χ2n) is 6.77. The first-order valence-corrected chi connectivity index (χ1v) is 10.1. The number of carbonyl (C=O) groups excluding carboxylic acids is 1. The summed E-state index contributed by atoms with van der Waals surface area (Å²) in [6, 6.07) is 11.5. The van der Waals surface area contributed by atoms with Crippen LogP contribution in [0, 0.1) is 0 Å². The molecule has 1 aliphatic heterocycles. The number of fused-ring (bicyclic) bond motifs is 1. The maximum atomic E-state index is 11.9. The van der Waals surface area contributed by atoms with Crippen LogP contribution in [-0.2, 0) is 4.79 Å². The Balaban J connectivity index is 1.71. The topological polar surface area (TPSA) is 49.3 Å². The van der Waals surface area contributed by atoms with Gasteiger partial charge in [-0.2, -0.15) is 0 Å². The summed E-state index contributed by atoms with van der Waals surface area (Å²) in [6.07, 6.45) is 2.11. The Labute approximate surface area is 173 Å². The van der Waals surface area contributed by atoms with E-state index in [-0.39, 0.29) is 5.91 Å². The molecule has 1 fully saturated rings. The number of benzene rings is 2. The third-order valence-corrected chi connectivity index (χ3v) is 5.66. The minimum absolute atomic E-state index is 0.198. The lowest BCUT2D eigenvalue weighted by atomic mass is 10.0. The lowest BCUT2D eigenvalue weighted by Gasteiger charge is -2.35. The highest BCUT2D eigenvalue weighted by molar-refractivity contribution is 6.34. The standard InChI is InChI=1S/C21H20Cl2N4O/c1-2-20(28)26-7-9-27(10-8-26)21-17-11-16(14-3-5-15(22)6-4-14)18(23)12-19(17)24-13-25-21/h3-6,11-13H,2,7-10H2,1H3. The van der Waals surface area contributed by atoms with Gasteiger partial charge in [0, 0.05) is 48.6 Å². The molecule has 5 nitrogen and oxygen atoms in total. The second-order valence-corrected chi connectivity index (χ2v) is 7.62. The quantitative estimate of drug-likeness (QED) is 0.624. The van der Waals surface area contributed by atoms with E-state index in [4.69, 9.17) is 23.2 Å². The molecule has 0 atom stereocenters. The van der Waals surface area contributed by atoms with Gasteiger partial charge < -0.3 is 9.80 Å². The van der Waals surface area contributed by atoms with Crippen LogP contribution in [-0.4, -0.2) is 47.0 Å². The van der Waals surface area contributed by atoms with Gasteiger partial charge in [0.05, 0.1) is 10.5 Å². The molecule has 0 N–H and O–H groups in total. The molecule has 7 heteroatoms. The summed E-state index contributed by atoms with van der Waals surface area (Å²) < 4.78 is 0. The van der Waals surface area contributed by atoms with E-state index in [0.717, 1.165) is 40.9 Å². The summed E-state index contributed by atoms with van der Waals surface area (Å²) in [7, 11) is 0. The van der Waals surface area contributed by atoms with Crippen LogP contribution in [0.1, 0.15) is 13.3 Å². The van der Waals surface area contributed by atoms with E-state index < -0.39 is 0 Å². The number of aromatic nitrogens is 2. The molecule has 1 saturated heterocycles. The first-order valence-electron chi connectivity index (χ1n) is 9.29. The van der Waals surface area contributed by atoms with Crippen molar-refractivity contribution in [2.24, 2.45) is 0 Å². The number of hydrogen-bond donors (Lipinski definition) is 0. The molecular formula is C21H20Cl2N4O. The molecule has 0 spiro atoms. The third kappa shape index (κ3) is 3.64. The Morgan fingerprint density at radius 2 is 1.75 bits per heavy atom. The van der Waals surface area contributed by atoms with E-state index in [1.807, 2.05) is 48.2 Å². The molecule has 1 aromatic heterocycles. The van der Waals surface area contributed by atoms with Crippen LogP contribution in [0.25, 0.3) is 22.0 Å². The largest absolute Gasteiger partial charge is 0.352 e. The van der Waals surface area contributed by atoms with Crippen LogP contribution in [0.5, 0.6) is 0 Å². The number of nitrogens with zero attached hydrogens (tertiary/aromatic N) is 4. The van der Waals surface area contributed by atoms with Crippen LogP contribution >= 0.6 is 23.2 Å². The molecule has 144 valence electrons. The van der Waals surface area contributed by atoms with Crippen LogP contribution in [0.4, 0.5) is 5.82 Å². The van der Waals surface area contributed by atoms with Gasteiger partial charge in [0.2, 0.25) is 5.91 Å². The van der Waals surface area contributed by atoms with Crippen molar-refractivity contribution in [1.29, 1.82) is 0 Å². The van der Waals surface area contributed by atoms with Gasteiger partial charge in [0.15, 0.2) is 0 Å². The molecule has 2 heterocycles. The van der Waals surface area contributed by atoms with Gasteiger partial charge >= 0.3 is 0 Å². The maximum absolute atomic E-state index is 11.9. The van der Waals surface area contributed by atoms with Crippen molar-refractivity contribution in [3.63, 3.8) is 0 Å². The first kappa shape index (κ1) is 19.0. The molecule has 2 aromatic carbocycles. The van der Waals surface area contributed by atoms with Crippen LogP contribution < -0.4 is 4.90 Å². The third-order valence-electron chi connectivity index (χ3n) is 5.09. The van der Waals surface area contributed by atoms with Crippen LogP contribution in [0.15, 0.2) is 42.7 Å². The number of hydrogen-bond acceptors (Lipinski definition) is 4. The van der Waals surface area contributed by atoms with Gasteiger partial charge in [-0.05, 0) is 29.8 Å². The highest BCUT2D eigenvalue weighted by Gasteiger charge is 2.22. The molecule has 3 aromatic rings. The highest BCUT2D eigenvalue weighted by atomic mass is 35.5. The fourth-order valence-electron chi connectivity index (χ4n) is 3.56. The SMILES string of the molecule is CCC(=O)N1CCN(c2ncnc3cc(Cl)c(-c4ccc(Cl)cc4)cc23)CC1. The number of piperazine rings is 1. The number of amides is 1. The zero-order chi connectivity index (χ0) is 19.7. The lowest BCUT2D eigenvalue weighted by molar-refractivity contribution is -0.131. The van der Waals surface area contributed by atoms with Crippen molar-refractivity contribution in [3.8, 4) is 11.1 Å². The van der Waals surface area contributed by atoms with Crippen molar-refractivity contribution in [2.75, 3.05) is 31.1 Å². The smallest absolute Gasteiger partial charge is 0.222 e. The Kier molecular flexibility index (Phi) is 5.38. The normalized spacial score (nSPS) is 14.5. The van der Waals surface area contributed by atoms with E-state index in [1.165, 1.54) is 0 Å². The predicted octanol–water partition coefficient (Wildman–Crippen LogP) is 4.66. The minimum atomic E-state index is 0.198. The minimum Gasteiger partial charge on any atom is -0.352 e. The summed E-state index contributed by atoms with van der Waals surface area (Å²) in [5.41, 5.74) is 2.71. The Morgan fingerprint density at radius 3 is 2.43 bits per heavy atom. The molecule has 4 rings (SSSR count). The summed E-state index contributed by atoms with van der Waals surface area (Å²) >= 11 is 12.6. The number of rotatable bonds is 3. The zero-order valence-electron chi connectivity index (χ0n) is 15.5. The van der Waals surface area contributed by atoms with Gasteiger partial charge in [0.1, 0.15) is 12.1 Å². The Morgan fingerprint density at radius 1 is 1.04 bits per heavy atom. The van der Waals surface area contributed by atoms with Crippen molar-refractivity contribution in [3.05, 3.63) is 52.8 Å². The number of anilines is 1. The summed E-state index contributed by atoms with van der Waals surface area (Å²) in [6.45, 7) is 4.80. The molecule has 0 bridgehead atoms. The number of carbonyl (C=O) groups is 1. The van der Waals surface area contributed by atoms with E-state index in [2.05, 4.69) is 14.9 Å². The van der Waals surface area contributed by atoms with E-state index in [9.17, 15) is 4.79 Å². The van der Waals surface area contributed by atoms with Gasteiger partial charge in [0.25, 0.3) is 0 Å². The first-order chi connectivity index (χ1) is 13.6. The molecular weight excluding hydrogens is 395 g/mol. The monoisotopic (exact) mass is 414 g/mol. The van der Waals surface area contributed by atoms with E-state index in [1.54, 1.807) is 6.33 Å². The highest BCUT2D eigenvalue weighted by Crippen LogP contribution is 2.35. The van der Waals surface area contributed by atoms with Crippen LogP contribution in [0.3, 0.4) is 0 Å². The second kappa shape index (κ2) is 7.94. The van der Waals surface area contributed by atoms with Crippen LogP contribution in [0.2, 0.25) is 10.0 Å². The average molecular weight is 415 g/mol. The summed E-state index contributed by atoms with van der Waals surface area (Å²) in [5, 5.41) is 2.27. The fraction of sp³-hybridized carbons (Fsp3) is 0.286. The van der Waals surface area contributed by atoms with Gasteiger partial charge in [-0.25, -0.2) is 9.97 Å². The van der Waals surface area contributed by atoms with Crippen molar-refractivity contribution >= 4 is 45.8 Å². The summed E-state index contributed by atoms with van der Waals surface area (Å²) in [4.78, 5) is 25.0. The van der Waals surface area contributed by atoms with Gasteiger partial charge in [-0.15, -0.1) is 0 Å². The molecule has 1 amide bonds. The molecule has 0 unspecified atom stereocenters. The fourth-order valence-corrected chi connectivity index (χ4v) is 3.95. The maximum Gasteiger partial charge on any atom is 0.222 e. The van der Waals surface area contributed by atoms with Gasteiger partial charge in [-0.3, -0.25) is 4.79 Å². The molecule has 1 aliphatic rings. The van der Waals surface area contributed by atoms with E-state index >= 15 is 0 Å². The molecule has 28 heavy (non-hydrogen) atoms. The Bertz CT molecular complexity index is 1010. The summed E-state index contributed by atoms with van der Waals surface area (Å²) in [5.74, 6) is 1.07. The molecule has 0 radical (unpaired) electrons. The molecule has 0 aliphatic carbocycles. The molecule has 0 saturated carbocycles. The predicted molar refractivity (Wildman–Crippen MR) is 114 cm³/mol. The van der Waals surface area contributed by atoms with Crippen molar-refractivity contribution < 1.29 is 4.79 Å².